The summed E-state index contributed by atoms with van der Waals surface area (Å²) in [5.74, 6) is 0.989. The van der Waals surface area contributed by atoms with Crippen LogP contribution in [0, 0.1) is 18.3 Å². The number of rotatable bonds is 4. The zero-order chi connectivity index (χ0) is 13.3. The first-order chi connectivity index (χ1) is 8.44. The number of ketones is 1. The first kappa shape index (κ1) is 14.3. The SMILES string of the molecule is Cc1sc(Br)cc1C(=O)C1(CC(C)C)CCCC1. The van der Waals surface area contributed by atoms with E-state index in [-0.39, 0.29) is 5.41 Å². The van der Waals surface area contributed by atoms with E-state index in [4.69, 9.17) is 0 Å². The third kappa shape index (κ3) is 2.72. The highest BCUT2D eigenvalue weighted by molar-refractivity contribution is 9.11. The highest BCUT2D eigenvalue weighted by Gasteiger charge is 2.42. The van der Waals surface area contributed by atoms with Crippen molar-refractivity contribution in [3.05, 3.63) is 20.3 Å². The molecule has 1 saturated carbocycles. The van der Waals surface area contributed by atoms with Crippen LogP contribution >= 0.6 is 27.3 Å². The number of hydrogen-bond acceptors (Lipinski definition) is 2. The summed E-state index contributed by atoms with van der Waals surface area (Å²) >= 11 is 5.16. The van der Waals surface area contributed by atoms with Gasteiger partial charge in [-0.2, -0.15) is 0 Å². The maximum atomic E-state index is 12.9. The molecule has 0 atom stereocenters. The Morgan fingerprint density at radius 3 is 2.50 bits per heavy atom. The maximum absolute atomic E-state index is 12.9. The lowest BCUT2D eigenvalue weighted by molar-refractivity contribution is 0.0760. The van der Waals surface area contributed by atoms with Crippen molar-refractivity contribution < 1.29 is 4.79 Å². The molecule has 100 valence electrons. The van der Waals surface area contributed by atoms with Crippen LogP contribution in [-0.2, 0) is 0 Å². The molecule has 0 N–H and O–H groups in total. The Morgan fingerprint density at radius 1 is 1.44 bits per heavy atom. The Bertz CT molecular complexity index is 441. The first-order valence-corrected chi connectivity index (χ1v) is 8.36. The molecule has 1 fully saturated rings. The van der Waals surface area contributed by atoms with Crippen molar-refractivity contribution in [1.29, 1.82) is 0 Å². The van der Waals surface area contributed by atoms with Crippen LogP contribution in [0.25, 0.3) is 0 Å². The summed E-state index contributed by atoms with van der Waals surface area (Å²) in [4.78, 5) is 14.1. The average Bonchev–Trinajstić information content (AvgIpc) is 2.84. The molecular formula is C15H21BrOS. The minimum atomic E-state index is -0.0700. The van der Waals surface area contributed by atoms with Crippen LogP contribution in [0.5, 0.6) is 0 Å². The Hall–Kier alpha value is -0.150. The normalized spacial score (nSPS) is 18.5. The minimum absolute atomic E-state index is 0.0700. The quantitative estimate of drug-likeness (QED) is 0.656. The van der Waals surface area contributed by atoms with Gasteiger partial charge in [0, 0.05) is 15.9 Å². The molecule has 0 amide bonds. The number of hydrogen-bond donors (Lipinski definition) is 0. The lowest BCUT2D eigenvalue weighted by atomic mass is 9.73. The summed E-state index contributed by atoms with van der Waals surface area (Å²) in [6, 6.07) is 2.02. The van der Waals surface area contributed by atoms with E-state index in [9.17, 15) is 4.79 Å². The molecular weight excluding hydrogens is 308 g/mol. The predicted octanol–water partition coefficient (Wildman–Crippen LogP) is 5.61. The summed E-state index contributed by atoms with van der Waals surface area (Å²) in [6.45, 7) is 6.51. The average molecular weight is 329 g/mol. The fourth-order valence-corrected chi connectivity index (χ4v) is 5.00. The lowest BCUT2D eigenvalue weighted by Gasteiger charge is -2.29. The van der Waals surface area contributed by atoms with Crippen molar-refractivity contribution in [1.82, 2.24) is 0 Å². The standard InChI is InChI=1S/C15H21BrOS/c1-10(2)9-15(6-4-5-7-15)14(17)12-8-13(16)18-11(12)3/h8,10H,4-7,9H2,1-3H3. The molecule has 0 unspecified atom stereocenters. The van der Waals surface area contributed by atoms with Crippen LogP contribution in [0.15, 0.2) is 9.85 Å². The van der Waals surface area contributed by atoms with Gasteiger partial charge < -0.3 is 0 Å². The second-order valence-electron chi connectivity index (χ2n) is 5.93. The molecule has 0 radical (unpaired) electrons. The van der Waals surface area contributed by atoms with Gasteiger partial charge in [-0.1, -0.05) is 26.7 Å². The van der Waals surface area contributed by atoms with Crippen molar-refractivity contribution in [3.63, 3.8) is 0 Å². The van der Waals surface area contributed by atoms with E-state index >= 15 is 0 Å². The van der Waals surface area contributed by atoms with Crippen molar-refractivity contribution in [3.8, 4) is 0 Å². The summed E-state index contributed by atoms with van der Waals surface area (Å²) in [5.41, 5.74) is 0.883. The van der Waals surface area contributed by atoms with Crippen LogP contribution in [0.3, 0.4) is 0 Å². The van der Waals surface area contributed by atoms with Crippen LogP contribution < -0.4 is 0 Å². The number of aryl methyl sites for hydroxylation is 1. The smallest absolute Gasteiger partial charge is 0.170 e. The summed E-state index contributed by atoms with van der Waals surface area (Å²) in [5, 5.41) is 0. The third-order valence-corrected chi connectivity index (χ3v) is 5.53. The van der Waals surface area contributed by atoms with E-state index in [1.807, 2.05) is 6.07 Å². The van der Waals surface area contributed by atoms with Gasteiger partial charge >= 0.3 is 0 Å². The van der Waals surface area contributed by atoms with E-state index in [1.165, 1.54) is 12.8 Å². The highest BCUT2D eigenvalue weighted by atomic mass is 79.9. The second kappa shape index (κ2) is 5.46. The van der Waals surface area contributed by atoms with Gasteiger partial charge in [0.25, 0.3) is 0 Å². The zero-order valence-corrected chi connectivity index (χ0v) is 13.8. The van der Waals surface area contributed by atoms with Crippen LogP contribution in [0.4, 0.5) is 0 Å². The molecule has 0 saturated heterocycles. The van der Waals surface area contributed by atoms with E-state index in [0.29, 0.717) is 11.7 Å². The Labute approximate surface area is 122 Å². The summed E-state index contributed by atoms with van der Waals surface area (Å²) < 4.78 is 1.07. The van der Waals surface area contributed by atoms with Crippen molar-refractivity contribution in [2.75, 3.05) is 0 Å². The van der Waals surface area contributed by atoms with Crippen LogP contribution in [-0.4, -0.2) is 5.78 Å². The van der Waals surface area contributed by atoms with Gasteiger partial charge in [-0.15, -0.1) is 11.3 Å². The van der Waals surface area contributed by atoms with Gasteiger partial charge in [0.05, 0.1) is 3.79 Å². The Kier molecular flexibility index (Phi) is 4.32. The molecule has 1 aromatic rings. The maximum Gasteiger partial charge on any atom is 0.170 e. The van der Waals surface area contributed by atoms with Crippen molar-refractivity contribution in [2.45, 2.75) is 52.9 Å². The van der Waals surface area contributed by atoms with E-state index in [0.717, 1.165) is 33.5 Å². The highest BCUT2D eigenvalue weighted by Crippen LogP contribution is 2.46. The van der Waals surface area contributed by atoms with E-state index in [1.54, 1.807) is 11.3 Å². The van der Waals surface area contributed by atoms with Crippen LogP contribution in [0.2, 0.25) is 0 Å². The molecule has 0 spiro atoms. The number of carbonyl (C=O) groups is 1. The van der Waals surface area contributed by atoms with Gasteiger partial charge in [-0.05, 0) is 54.1 Å². The Morgan fingerprint density at radius 2 is 2.06 bits per heavy atom. The van der Waals surface area contributed by atoms with Crippen LogP contribution in [0.1, 0.15) is 61.2 Å². The molecule has 0 aromatic carbocycles. The molecule has 1 heterocycles. The number of halogens is 1. The molecule has 0 bridgehead atoms. The predicted molar refractivity (Wildman–Crippen MR) is 81.4 cm³/mol. The van der Waals surface area contributed by atoms with Gasteiger partial charge in [0.2, 0.25) is 0 Å². The summed E-state index contributed by atoms with van der Waals surface area (Å²) in [7, 11) is 0. The van der Waals surface area contributed by atoms with Crippen molar-refractivity contribution >= 4 is 33.0 Å². The zero-order valence-electron chi connectivity index (χ0n) is 11.4. The molecule has 1 nitrogen and oxygen atoms in total. The van der Waals surface area contributed by atoms with E-state index < -0.39 is 0 Å². The van der Waals surface area contributed by atoms with Gasteiger partial charge in [-0.3, -0.25) is 4.79 Å². The third-order valence-electron chi connectivity index (χ3n) is 3.97. The first-order valence-electron chi connectivity index (χ1n) is 6.75. The number of carbonyl (C=O) groups excluding carboxylic acids is 1. The van der Waals surface area contributed by atoms with Crippen molar-refractivity contribution in [2.24, 2.45) is 11.3 Å². The lowest BCUT2D eigenvalue weighted by Crippen LogP contribution is -2.30. The minimum Gasteiger partial charge on any atom is -0.294 e. The monoisotopic (exact) mass is 328 g/mol. The topological polar surface area (TPSA) is 17.1 Å². The molecule has 1 aliphatic carbocycles. The molecule has 1 aliphatic rings. The second-order valence-corrected chi connectivity index (χ2v) is 8.57. The molecule has 3 heteroatoms. The van der Waals surface area contributed by atoms with E-state index in [2.05, 4.69) is 36.7 Å². The van der Waals surface area contributed by atoms with Gasteiger partial charge in [0.15, 0.2) is 5.78 Å². The fourth-order valence-electron chi connectivity index (χ4n) is 3.31. The largest absolute Gasteiger partial charge is 0.294 e. The molecule has 0 aliphatic heterocycles. The molecule has 18 heavy (non-hydrogen) atoms. The van der Waals surface area contributed by atoms with Gasteiger partial charge in [0.1, 0.15) is 0 Å². The number of thiophene rings is 1. The fraction of sp³-hybridized carbons (Fsp3) is 0.667. The molecule has 2 rings (SSSR count). The number of Topliss-reactive ketones (excluding diaryl/α,β-unsaturated/α-hetero) is 1. The van der Waals surface area contributed by atoms with Gasteiger partial charge in [-0.25, -0.2) is 0 Å². The molecule has 1 aromatic heterocycles. The Balaban J connectivity index is 2.31. The summed E-state index contributed by atoms with van der Waals surface area (Å²) in [6.07, 6.45) is 5.62.